The van der Waals surface area contributed by atoms with E-state index in [2.05, 4.69) is 47.0 Å². The Labute approximate surface area is 184 Å². The highest BCUT2D eigenvalue weighted by Gasteiger charge is 2.14. The zero-order valence-electron chi connectivity index (χ0n) is 17.8. The summed E-state index contributed by atoms with van der Waals surface area (Å²) in [6.45, 7) is 7.42. The number of hydrogen-bond donors (Lipinski definition) is 1. The molecule has 7 nitrogen and oxygen atoms in total. The second-order valence-corrected chi connectivity index (χ2v) is 8.39. The molecule has 160 valence electrons. The van der Waals surface area contributed by atoms with Gasteiger partial charge in [0.15, 0.2) is 11.0 Å². The van der Waals surface area contributed by atoms with Crippen LogP contribution in [-0.4, -0.2) is 24.7 Å². The molecule has 0 atom stereocenters. The molecule has 0 unspecified atom stereocenters. The third-order valence-electron chi connectivity index (χ3n) is 5.01. The van der Waals surface area contributed by atoms with E-state index in [0.717, 1.165) is 23.3 Å². The third-order valence-corrected chi connectivity index (χ3v) is 5.99. The fraction of sp³-hybridized carbons (Fsp3) is 0.304. The van der Waals surface area contributed by atoms with Gasteiger partial charge in [0.1, 0.15) is 18.2 Å². The van der Waals surface area contributed by atoms with Crippen molar-refractivity contribution < 1.29 is 4.74 Å². The predicted molar refractivity (Wildman–Crippen MR) is 122 cm³/mol. The van der Waals surface area contributed by atoms with Crippen molar-refractivity contribution in [3.05, 3.63) is 76.1 Å². The fourth-order valence-corrected chi connectivity index (χ4v) is 4.31. The average molecular weight is 436 g/mol. The van der Waals surface area contributed by atoms with E-state index in [1.165, 1.54) is 17.3 Å². The van der Waals surface area contributed by atoms with Gasteiger partial charge in [-0.1, -0.05) is 55.9 Å². The maximum Gasteiger partial charge on any atom is 0.258 e. The van der Waals surface area contributed by atoms with Crippen LogP contribution in [0.15, 0.2) is 58.5 Å². The lowest BCUT2D eigenvalue weighted by Crippen LogP contribution is -2.11. The first-order valence-electron chi connectivity index (χ1n) is 10.3. The minimum atomic E-state index is -0.129. The molecule has 1 N–H and O–H groups in total. The van der Waals surface area contributed by atoms with Gasteiger partial charge in [-0.25, -0.2) is 4.98 Å². The molecule has 0 saturated heterocycles. The lowest BCUT2D eigenvalue weighted by molar-refractivity contribution is 0.284. The van der Waals surface area contributed by atoms with E-state index in [9.17, 15) is 4.79 Å². The molecule has 0 bridgehead atoms. The number of hydrogen-bond acceptors (Lipinski definition) is 6. The number of nitrogens with one attached hydrogen (secondary N) is 1. The highest BCUT2D eigenvalue weighted by atomic mass is 32.2. The zero-order valence-corrected chi connectivity index (χ0v) is 18.6. The Morgan fingerprint density at radius 3 is 2.68 bits per heavy atom. The predicted octanol–water partition coefficient (Wildman–Crippen LogP) is 4.53. The Morgan fingerprint density at radius 1 is 1.10 bits per heavy atom. The van der Waals surface area contributed by atoms with E-state index in [0.29, 0.717) is 35.0 Å². The molecule has 4 rings (SSSR count). The van der Waals surface area contributed by atoms with Crippen LogP contribution in [0, 0.1) is 0 Å². The minimum absolute atomic E-state index is 0.129. The number of ether oxygens (including phenoxy) is 1. The lowest BCUT2D eigenvalue weighted by atomic mass is 10.0. The molecular formula is C23H25N5O2S. The Hall–Kier alpha value is -3.13. The molecule has 31 heavy (non-hydrogen) atoms. The van der Waals surface area contributed by atoms with Crippen molar-refractivity contribution in [3.63, 3.8) is 0 Å². The number of para-hydroxylation sites is 2. The van der Waals surface area contributed by atoms with E-state index < -0.39 is 0 Å². The first-order valence-corrected chi connectivity index (χ1v) is 11.3. The molecule has 0 aliphatic heterocycles. The van der Waals surface area contributed by atoms with Gasteiger partial charge in [-0.2, -0.15) is 0 Å². The number of aromatic nitrogens is 5. The highest BCUT2D eigenvalue weighted by Crippen LogP contribution is 2.27. The SMILES string of the molecule is CCn1c(COc2ccccc2C(C)C)nnc1SCc1nc2ccccc2c(=O)[nH]1. The minimum Gasteiger partial charge on any atom is -0.485 e. The van der Waals surface area contributed by atoms with E-state index in [1.54, 1.807) is 6.07 Å². The van der Waals surface area contributed by atoms with Gasteiger partial charge < -0.3 is 14.3 Å². The Morgan fingerprint density at radius 2 is 1.87 bits per heavy atom. The van der Waals surface area contributed by atoms with Gasteiger partial charge in [0.25, 0.3) is 5.56 Å². The van der Waals surface area contributed by atoms with Gasteiger partial charge in [0.2, 0.25) is 0 Å². The number of thioether (sulfide) groups is 1. The highest BCUT2D eigenvalue weighted by molar-refractivity contribution is 7.98. The van der Waals surface area contributed by atoms with E-state index in [4.69, 9.17) is 4.74 Å². The summed E-state index contributed by atoms with van der Waals surface area (Å²) in [6, 6.07) is 15.4. The lowest BCUT2D eigenvalue weighted by Gasteiger charge is -2.14. The number of fused-ring (bicyclic) bond motifs is 1. The Balaban J connectivity index is 1.48. The number of nitrogens with zero attached hydrogens (tertiary/aromatic N) is 4. The van der Waals surface area contributed by atoms with Crippen LogP contribution < -0.4 is 10.3 Å². The fourth-order valence-electron chi connectivity index (χ4n) is 3.42. The van der Waals surface area contributed by atoms with Gasteiger partial charge in [-0.05, 0) is 36.6 Å². The molecule has 0 saturated carbocycles. The number of rotatable bonds is 8. The molecular weight excluding hydrogens is 410 g/mol. The molecule has 8 heteroatoms. The van der Waals surface area contributed by atoms with Crippen molar-refractivity contribution in [3.8, 4) is 5.75 Å². The van der Waals surface area contributed by atoms with Crippen LogP contribution in [0.2, 0.25) is 0 Å². The van der Waals surface area contributed by atoms with Gasteiger partial charge in [-0.3, -0.25) is 4.79 Å². The summed E-state index contributed by atoms with van der Waals surface area (Å²) in [5.41, 5.74) is 1.73. The normalized spacial score (nSPS) is 11.4. The quantitative estimate of drug-likeness (QED) is 0.409. The monoisotopic (exact) mass is 435 g/mol. The van der Waals surface area contributed by atoms with Crippen LogP contribution in [0.25, 0.3) is 10.9 Å². The number of H-pyrrole nitrogens is 1. The topological polar surface area (TPSA) is 85.7 Å². The maximum absolute atomic E-state index is 12.3. The van der Waals surface area contributed by atoms with Crippen molar-refractivity contribution in [1.29, 1.82) is 0 Å². The molecule has 0 aliphatic carbocycles. The van der Waals surface area contributed by atoms with Crippen LogP contribution in [0.3, 0.4) is 0 Å². The number of aromatic amines is 1. The molecule has 4 aromatic rings. The second-order valence-electron chi connectivity index (χ2n) is 7.44. The van der Waals surface area contributed by atoms with Crippen molar-refractivity contribution in [2.45, 2.75) is 50.8 Å². The summed E-state index contributed by atoms with van der Waals surface area (Å²) in [4.78, 5) is 19.7. The summed E-state index contributed by atoms with van der Waals surface area (Å²) in [5, 5.41) is 10.0. The summed E-state index contributed by atoms with van der Waals surface area (Å²) >= 11 is 1.49. The summed E-state index contributed by atoms with van der Waals surface area (Å²) in [6.07, 6.45) is 0. The molecule has 0 spiro atoms. The molecule has 2 aromatic carbocycles. The molecule has 2 heterocycles. The van der Waals surface area contributed by atoms with Crippen molar-refractivity contribution >= 4 is 22.7 Å². The molecule has 0 fully saturated rings. The van der Waals surface area contributed by atoms with Crippen molar-refractivity contribution in [1.82, 2.24) is 24.7 Å². The van der Waals surface area contributed by atoms with Gasteiger partial charge in [0.05, 0.1) is 16.7 Å². The smallest absolute Gasteiger partial charge is 0.258 e. The van der Waals surface area contributed by atoms with Crippen LogP contribution in [0.5, 0.6) is 5.75 Å². The number of benzene rings is 2. The third kappa shape index (κ3) is 4.64. The Bertz CT molecular complexity index is 1250. The first-order chi connectivity index (χ1) is 15.1. The summed E-state index contributed by atoms with van der Waals surface area (Å²) in [7, 11) is 0. The van der Waals surface area contributed by atoms with Crippen molar-refractivity contribution in [2.24, 2.45) is 0 Å². The summed E-state index contributed by atoms with van der Waals surface area (Å²) < 4.78 is 8.10. The maximum atomic E-state index is 12.3. The Kier molecular flexibility index (Phi) is 6.36. The standard InChI is InChI=1S/C23H25N5O2S/c1-4-28-21(13-30-19-12-8-6-9-16(19)15(2)3)26-27-23(28)31-14-20-24-18-11-7-5-10-17(18)22(29)25-20/h5-12,15H,4,13-14H2,1-3H3,(H,24,25,29). The van der Waals surface area contributed by atoms with E-state index >= 15 is 0 Å². The molecule has 0 amide bonds. The van der Waals surface area contributed by atoms with E-state index in [1.807, 2.05) is 41.0 Å². The van der Waals surface area contributed by atoms with Crippen LogP contribution in [0.4, 0.5) is 0 Å². The van der Waals surface area contributed by atoms with Crippen LogP contribution in [-0.2, 0) is 18.9 Å². The van der Waals surface area contributed by atoms with Crippen molar-refractivity contribution in [2.75, 3.05) is 0 Å². The molecule has 2 aromatic heterocycles. The largest absolute Gasteiger partial charge is 0.485 e. The van der Waals surface area contributed by atoms with Gasteiger partial charge >= 0.3 is 0 Å². The first kappa shape index (κ1) is 21.1. The molecule has 0 radical (unpaired) electrons. The summed E-state index contributed by atoms with van der Waals surface area (Å²) in [5.74, 6) is 3.12. The van der Waals surface area contributed by atoms with Crippen LogP contribution >= 0.6 is 11.8 Å². The average Bonchev–Trinajstić information content (AvgIpc) is 3.18. The zero-order chi connectivity index (χ0) is 21.8. The van der Waals surface area contributed by atoms with Crippen LogP contribution in [0.1, 0.15) is 43.9 Å². The van der Waals surface area contributed by atoms with E-state index in [-0.39, 0.29) is 5.56 Å². The second kappa shape index (κ2) is 9.34. The molecule has 0 aliphatic rings. The van der Waals surface area contributed by atoms with Gasteiger partial charge in [0, 0.05) is 6.54 Å². The van der Waals surface area contributed by atoms with Gasteiger partial charge in [-0.15, -0.1) is 10.2 Å².